The number of carbonyl (C=O) groups excluding carboxylic acids is 1. The zero-order valence-corrected chi connectivity index (χ0v) is 11.3. The fourth-order valence-corrected chi connectivity index (χ4v) is 2.87. The highest BCUT2D eigenvalue weighted by Gasteiger charge is 2.32. The molecule has 1 fully saturated rings. The van der Waals surface area contributed by atoms with Crippen molar-refractivity contribution in [1.29, 1.82) is 0 Å². The molecule has 2 rings (SSSR count). The van der Waals surface area contributed by atoms with Crippen LogP contribution >= 0.6 is 0 Å². The van der Waals surface area contributed by atoms with Crippen LogP contribution in [0, 0.1) is 11.6 Å². The minimum absolute atomic E-state index is 0.0179. The van der Waals surface area contributed by atoms with Gasteiger partial charge in [0.2, 0.25) is 0 Å². The zero-order valence-electron chi connectivity index (χ0n) is 11.3. The van der Waals surface area contributed by atoms with Crippen LogP contribution in [0.5, 0.6) is 0 Å². The largest absolute Gasteiger partial charge is 0.292 e. The molecule has 1 aliphatic rings. The molecular formula is C15H19F2NO. The van der Waals surface area contributed by atoms with Gasteiger partial charge in [0.15, 0.2) is 5.78 Å². The van der Waals surface area contributed by atoms with Crippen molar-refractivity contribution < 1.29 is 13.6 Å². The summed E-state index contributed by atoms with van der Waals surface area (Å²) >= 11 is 0. The van der Waals surface area contributed by atoms with E-state index in [4.69, 9.17) is 0 Å². The molecule has 0 spiro atoms. The highest BCUT2D eigenvalue weighted by Crippen LogP contribution is 2.24. The van der Waals surface area contributed by atoms with E-state index in [9.17, 15) is 13.6 Å². The Labute approximate surface area is 112 Å². The van der Waals surface area contributed by atoms with Crippen molar-refractivity contribution >= 4 is 5.78 Å². The monoisotopic (exact) mass is 267 g/mol. The van der Waals surface area contributed by atoms with E-state index in [0.29, 0.717) is 6.04 Å². The van der Waals surface area contributed by atoms with Crippen LogP contribution in [0.1, 0.15) is 43.5 Å². The van der Waals surface area contributed by atoms with E-state index in [0.717, 1.165) is 37.9 Å². The summed E-state index contributed by atoms with van der Waals surface area (Å²) in [4.78, 5) is 14.5. The maximum absolute atomic E-state index is 13.6. The number of rotatable bonds is 4. The molecule has 19 heavy (non-hydrogen) atoms. The fourth-order valence-electron chi connectivity index (χ4n) is 2.87. The molecule has 4 heteroatoms. The van der Waals surface area contributed by atoms with E-state index in [1.807, 2.05) is 0 Å². The second-order valence-electron chi connectivity index (χ2n) is 5.11. The van der Waals surface area contributed by atoms with E-state index in [1.54, 1.807) is 6.92 Å². The first-order valence-corrected chi connectivity index (χ1v) is 6.79. The summed E-state index contributed by atoms with van der Waals surface area (Å²) in [5, 5.41) is 0. The second-order valence-corrected chi connectivity index (χ2v) is 5.11. The summed E-state index contributed by atoms with van der Waals surface area (Å²) in [6, 6.07) is 3.17. The molecule has 2 atom stereocenters. The topological polar surface area (TPSA) is 20.3 Å². The Morgan fingerprint density at radius 3 is 2.84 bits per heavy atom. The fraction of sp³-hybridized carbons (Fsp3) is 0.533. The van der Waals surface area contributed by atoms with Gasteiger partial charge < -0.3 is 0 Å². The number of hydrogen-bond donors (Lipinski definition) is 0. The number of nitrogens with zero attached hydrogens (tertiary/aromatic N) is 1. The first-order chi connectivity index (χ1) is 9.04. The van der Waals surface area contributed by atoms with Crippen molar-refractivity contribution in [3.8, 4) is 0 Å². The van der Waals surface area contributed by atoms with Crippen LogP contribution in [-0.2, 0) is 0 Å². The van der Waals surface area contributed by atoms with Crippen LogP contribution in [0.4, 0.5) is 8.78 Å². The van der Waals surface area contributed by atoms with Crippen molar-refractivity contribution in [3.05, 3.63) is 35.4 Å². The van der Waals surface area contributed by atoms with Crippen LogP contribution in [0.3, 0.4) is 0 Å². The number of hydrogen-bond acceptors (Lipinski definition) is 2. The maximum Gasteiger partial charge on any atom is 0.182 e. The average Bonchev–Trinajstić information content (AvgIpc) is 2.85. The van der Waals surface area contributed by atoms with E-state index >= 15 is 0 Å². The van der Waals surface area contributed by atoms with Crippen LogP contribution in [0.15, 0.2) is 18.2 Å². The van der Waals surface area contributed by atoms with Gasteiger partial charge in [-0.15, -0.1) is 0 Å². The van der Waals surface area contributed by atoms with E-state index in [1.165, 1.54) is 6.07 Å². The molecular weight excluding hydrogens is 248 g/mol. The lowest BCUT2D eigenvalue weighted by atomic mass is 10.0. The summed E-state index contributed by atoms with van der Waals surface area (Å²) in [7, 11) is 0. The normalized spacial score (nSPS) is 21.6. The number of benzene rings is 1. The molecule has 1 aromatic carbocycles. The van der Waals surface area contributed by atoms with Crippen molar-refractivity contribution in [1.82, 2.24) is 4.90 Å². The number of likely N-dealkylation sites (tertiary alicyclic amines) is 1. The smallest absolute Gasteiger partial charge is 0.182 e. The predicted octanol–water partition coefficient (Wildman–Crippen LogP) is 3.41. The summed E-state index contributed by atoms with van der Waals surface area (Å²) in [6.07, 6.45) is 3.14. The second kappa shape index (κ2) is 5.78. The van der Waals surface area contributed by atoms with Gasteiger partial charge in [0.05, 0.1) is 11.6 Å². The highest BCUT2D eigenvalue weighted by molar-refractivity contribution is 6.00. The Kier molecular flexibility index (Phi) is 4.30. The first-order valence-electron chi connectivity index (χ1n) is 6.79. The molecule has 0 amide bonds. The Balaban J connectivity index is 2.19. The lowest BCUT2D eigenvalue weighted by Gasteiger charge is -2.29. The molecule has 104 valence electrons. The van der Waals surface area contributed by atoms with Gasteiger partial charge in [-0.05, 0) is 44.9 Å². The van der Waals surface area contributed by atoms with Crippen LogP contribution in [-0.4, -0.2) is 29.3 Å². The molecule has 1 aromatic rings. The van der Waals surface area contributed by atoms with Crippen molar-refractivity contribution in [2.75, 3.05) is 6.54 Å². The Morgan fingerprint density at radius 2 is 2.21 bits per heavy atom. The van der Waals surface area contributed by atoms with Gasteiger partial charge in [0, 0.05) is 12.1 Å². The van der Waals surface area contributed by atoms with Gasteiger partial charge in [-0.1, -0.05) is 6.92 Å². The average molecular weight is 267 g/mol. The van der Waals surface area contributed by atoms with Crippen molar-refractivity contribution in [2.24, 2.45) is 0 Å². The van der Waals surface area contributed by atoms with Gasteiger partial charge in [-0.2, -0.15) is 0 Å². The van der Waals surface area contributed by atoms with Gasteiger partial charge in [0.1, 0.15) is 11.6 Å². The standard InChI is InChI=1S/C15H19F2NO/c1-3-12-5-4-8-18(12)10(2)15(19)13-7-6-11(16)9-14(13)17/h6-7,9-10,12H,3-5,8H2,1-2H3. The quantitative estimate of drug-likeness (QED) is 0.779. The molecule has 0 bridgehead atoms. The zero-order chi connectivity index (χ0) is 14.0. The lowest BCUT2D eigenvalue weighted by Crippen LogP contribution is -2.42. The van der Waals surface area contributed by atoms with Gasteiger partial charge in [-0.25, -0.2) is 8.78 Å². The van der Waals surface area contributed by atoms with Crippen molar-refractivity contribution in [3.63, 3.8) is 0 Å². The van der Waals surface area contributed by atoms with E-state index in [-0.39, 0.29) is 17.4 Å². The third-order valence-corrected chi connectivity index (χ3v) is 3.97. The molecule has 1 saturated heterocycles. The van der Waals surface area contributed by atoms with Gasteiger partial charge in [0.25, 0.3) is 0 Å². The third kappa shape index (κ3) is 2.84. The minimum atomic E-state index is -0.774. The number of ketones is 1. The molecule has 1 aliphatic heterocycles. The third-order valence-electron chi connectivity index (χ3n) is 3.97. The molecule has 2 nitrogen and oxygen atoms in total. The SMILES string of the molecule is CCC1CCCN1C(C)C(=O)c1ccc(F)cc1F. The van der Waals surface area contributed by atoms with Crippen LogP contribution in [0.25, 0.3) is 0 Å². The van der Waals surface area contributed by atoms with Crippen LogP contribution < -0.4 is 0 Å². The number of Topliss-reactive ketones (excluding diaryl/α,β-unsaturated/α-hetero) is 1. The van der Waals surface area contributed by atoms with E-state index in [2.05, 4.69) is 11.8 Å². The lowest BCUT2D eigenvalue weighted by molar-refractivity contribution is 0.0813. The summed E-state index contributed by atoms with van der Waals surface area (Å²) < 4.78 is 26.5. The predicted molar refractivity (Wildman–Crippen MR) is 70.2 cm³/mol. The van der Waals surface area contributed by atoms with Gasteiger partial charge >= 0.3 is 0 Å². The summed E-state index contributed by atoms with van der Waals surface area (Å²) in [5.41, 5.74) is -0.0179. The molecule has 0 N–H and O–H groups in total. The highest BCUT2D eigenvalue weighted by atomic mass is 19.1. The Hall–Kier alpha value is -1.29. The summed E-state index contributed by atoms with van der Waals surface area (Å²) in [5.74, 6) is -1.70. The summed E-state index contributed by atoms with van der Waals surface area (Å²) in [6.45, 7) is 4.77. The molecule has 0 aliphatic carbocycles. The number of halogens is 2. The molecule has 2 unspecified atom stereocenters. The Bertz CT molecular complexity index is 475. The minimum Gasteiger partial charge on any atom is -0.292 e. The van der Waals surface area contributed by atoms with Gasteiger partial charge in [-0.3, -0.25) is 9.69 Å². The number of carbonyl (C=O) groups is 1. The van der Waals surface area contributed by atoms with Crippen LogP contribution in [0.2, 0.25) is 0 Å². The molecule has 0 saturated carbocycles. The van der Waals surface area contributed by atoms with E-state index < -0.39 is 11.6 Å². The molecule has 1 heterocycles. The first kappa shape index (κ1) is 14.1. The van der Waals surface area contributed by atoms with Crippen molar-refractivity contribution in [2.45, 2.75) is 45.2 Å². The molecule has 0 radical (unpaired) electrons. The maximum atomic E-state index is 13.6. The Morgan fingerprint density at radius 1 is 1.47 bits per heavy atom. The molecule has 0 aromatic heterocycles.